The molecule has 0 fully saturated rings. The third-order valence-electron chi connectivity index (χ3n) is 3.91. The molecule has 0 amide bonds. The van der Waals surface area contributed by atoms with Crippen molar-refractivity contribution in [1.29, 1.82) is 0 Å². The van der Waals surface area contributed by atoms with Crippen LogP contribution in [0.4, 0.5) is 0 Å². The molecule has 0 bridgehead atoms. The van der Waals surface area contributed by atoms with Crippen LogP contribution in [0.3, 0.4) is 0 Å². The van der Waals surface area contributed by atoms with Crippen molar-refractivity contribution in [2.45, 2.75) is 17.3 Å². The normalized spacial score (nSPS) is 17.4. The van der Waals surface area contributed by atoms with Gasteiger partial charge in [0.2, 0.25) is 0 Å². The van der Waals surface area contributed by atoms with Crippen LogP contribution >= 0.6 is 45.2 Å². The van der Waals surface area contributed by atoms with Crippen molar-refractivity contribution in [3.8, 4) is 0 Å². The fraction of sp³-hybridized carbons (Fsp3) is 0.158. The number of allylic oxidation sites excluding steroid dienone is 2. The standard InChI is InChI=1S/C19H16I2/c1-3-5-15-14(4-2)18-10-12(20)6-8-16(18)17-9-7-13(21)11-19(15)17/h3-10,13H,2,11H2,1H3/b5-3-. The zero-order valence-corrected chi connectivity index (χ0v) is 16.2. The van der Waals surface area contributed by atoms with E-state index in [1.54, 1.807) is 0 Å². The van der Waals surface area contributed by atoms with Crippen LogP contribution in [0.1, 0.15) is 29.2 Å². The Bertz CT molecular complexity index is 782. The molecular weight excluding hydrogens is 482 g/mol. The van der Waals surface area contributed by atoms with E-state index in [9.17, 15) is 0 Å². The molecule has 0 saturated carbocycles. The summed E-state index contributed by atoms with van der Waals surface area (Å²) in [7, 11) is 0. The number of halogens is 2. The lowest BCUT2D eigenvalue weighted by atomic mass is 9.84. The van der Waals surface area contributed by atoms with Gasteiger partial charge < -0.3 is 0 Å². The Morgan fingerprint density at radius 1 is 1.24 bits per heavy atom. The summed E-state index contributed by atoms with van der Waals surface area (Å²) >= 11 is 4.90. The van der Waals surface area contributed by atoms with E-state index in [1.807, 2.05) is 6.08 Å². The van der Waals surface area contributed by atoms with Gasteiger partial charge in [0, 0.05) is 7.49 Å². The number of benzene rings is 2. The summed E-state index contributed by atoms with van der Waals surface area (Å²) in [5.41, 5.74) is 5.44. The van der Waals surface area contributed by atoms with E-state index in [-0.39, 0.29) is 0 Å². The summed E-state index contributed by atoms with van der Waals surface area (Å²) < 4.78 is 1.83. The second-order valence-corrected chi connectivity index (χ2v) is 8.04. The first-order valence-electron chi connectivity index (χ1n) is 7.01. The molecule has 21 heavy (non-hydrogen) atoms. The molecule has 1 unspecified atom stereocenters. The summed E-state index contributed by atoms with van der Waals surface area (Å²) in [6.45, 7) is 6.15. The molecule has 0 spiro atoms. The van der Waals surface area contributed by atoms with E-state index in [0.717, 1.165) is 6.42 Å². The van der Waals surface area contributed by atoms with E-state index in [2.05, 4.69) is 101 Å². The molecule has 0 radical (unpaired) electrons. The second kappa shape index (κ2) is 6.24. The first-order valence-corrected chi connectivity index (χ1v) is 9.33. The Labute approximate surface area is 153 Å². The van der Waals surface area contributed by atoms with E-state index in [0.29, 0.717) is 3.92 Å². The van der Waals surface area contributed by atoms with Gasteiger partial charge in [-0.05, 0) is 81.1 Å². The maximum atomic E-state index is 4.07. The van der Waals surface area contributed by atoms with Crippen LogP contribution < -0.4 is 0 Å². The zero-order chi connectivity index (χ0) is 15.0. The Balaban J connectivity index is 2.49. The zero-order valence-electron chi connectivity index (χ0n) is 11.9. The van der Waals surface area contributed by atoms with Crippen molar-refractivity contribution < 1.29 is 0 Å². The number of hydrogen-bond acceptors (Lipinski definition) is 0. The minimum absolute atomic E-state index is 0.568. The molecule has 0 aliphatic heterocycles. The predicted octanol–water partition coefficient (Wildman–Crippen LogP) is 6.49. The molecule has 0 N–H and O–H groups in total. The molecule has 2 aromatic rings. The maximum absolute atomic E-state index is 4.07. The Morgan fingerprint density at radius 2 is 2.05 bits per heavy atom. The molecular formula is C19H16I2. The summed E-state index contributed by atoms with van der Waals surface area (Å²) in [5, 5.41) is 2.65. The van der Waals surface area contributed by atoms with Gasteiger partial charge in [-0.3, -0.25) is 0 Å². The molecule has 0 saturated heterocycles. The lowest BCUT2D eigenvalue weighted by Crippen LogP contribution is -2.09. The van der Waals surface area contributed by atoms with Crippen molar-refractivity contribution in [3.63, 3.8) is 0 Å². The molecule has 0 nitrogen and oxygen atoms in total. The van der Waals surface area contributed by atoms with Crippen molar-refractivity contribution in [2.24, 2.45) is 0 Å². The third kappa shape index (κ3) is 2.72. The number of hydrogen-bond donors (Lipinski definition) is 0. The van der Waals surface area contributed by atoms with E-state index in [1.165, 1.54) is 36.6 Å². The highest BCUT2D eigenvalue weighted by Crippen LogP contribution is 2.37. The quantitative estimate of drug-likeness (QED) is 0.328. The predicted molar refractivity (Wildman–Crippen MR) is 112 cm³/mol. The highest BCUT2D eigenvalue weighted by Gasteiger charge is 2.19. The van der Waals surface area contributed by atoms with Crippen molar-refractivity contribution in [2.75, 3.05) is 0 Å². The molecule has 1 aliphatic rings. The molecule has 1 aliphatic carbocycles. The summed E-state index contributed by atoms with van der Waals surface area (Å²) in [4.78, 5) is 0. The molecule has 2 heteroatoms. The fourth-order valence-electron chi connectivity index (χ4n) is 3.04. The third-order valence-corrected chi connectivity index (χ3v) is 5.44. The van der Waals surface area contributed by atoms with Crippen LogP contribution in [-0.4, -0.2) is 3.92 Å². The lowest BCUT2D eigenvalue weighted by Gasteiger charge is -2.22. The summed E-state index contributed by atoms with van der Waals surface area (Å²) in [5.74, 6) is 0. The van der Waals surface area contributed by atoms with Gasteiger partial charge in [0.15, 0.2) is 0 Å². The number of fused-ring (bicyclic) bond motifs is 3. The molecule has 106 valence electrons. The largest absolute Gasteiger partial charge is 0.0984 e. The van der Waals surface area contributed by atoms with Crippen LogP contribution in [0.2, 0.25) is 0 Å². The average Bonchev–Trinajstić information content (AvgIpc) is 2.47. The molecule has 0 heterocycles. The van der Waals surface area contributed by atoms with E-state index in [4.69, 9.17) is 0 Å². The monoisotopic (exact) mass is 498 g/mol. The number of alkyl halides is 1. The average molecular weight is 498 g/mol. The highest BCUT2D eigenvalue weighted by molar-refractivity contribution is 14.1. The minimum atomic E-state index is 0.568. The first kappa shape index (κ1) is 15.3. The van der Waals surface area contributed by atoms with E-state index < -0.39 is 0 Å². The van der Waals surface area contributed by atoms with Gasteiger partial charge in [0.25, 0.3) is 0 Å². The lowest BCUT2D eigenvalue weighted by molar-refractivity contribution is 1.03. The van der Waals surface area contributed by atoms with Gasteiger partial charge >= 0.3 is 0 Å². The Hall–Kier alpha value is -0.620. The molecule has 2 aromatic carbocycles. The smallest absolute Gasteiger partial charge is 0.0333 e. The summed E-state index contributed by atoms with van der Waals surface area (Å²) in [6.07, 6.45) is 12.1. The van der Waals surface area contributed by atoms with Gasteiger partial charge in [-0.2, -0.15) is 0 Å². The second-order valence-electron chi connectivity index (χ2n) is 5.19. The van der Waals surface area contributed by atoms with Crippen LogP contribution in [0.25, 0.3) is 29.0 Å². The Morgan fingerprint density at radius 3 is 2.76 bits per heavy atom. The fourth-order valence-corrected chi connectivity index (χ4v) is 4.18. The van der Waals surface area contributed by atoms with E-state index >= 15 is 0 Å². The van der Waals surface area contributed by atoms with Crippen molar-refractivity contribution in [3.05, 3.63) is 62.8 Å². The van der Waals surface area contributed by atoms with Gasteiger partial charge in [-0.1, -0.05) is 65.6 Å². The van der Waals surface area contributed by atoms with Crippen LogP contribution in [-0.2, 0) is 6.42 Å². The van der Waals surface area contributed by atoms with Crippen LogP contribution in [0.15, 0.2) is 36.9 Å². The van der Waals surface area contributed by atoms with Crippen molar-refractivity contribution >= 4 is 74.2 Å². The van der Waals surface area contributed by atoms with Crippen LogP contribution in [0, 0.1) is 3.57 Å². The SMILES string of the molecule is C=Cc1c(/C=C\C)c2c(c3ccc(I)cc13)C=CC(I)C2. The van der Waals surface area contributed by atoms with Gasteiger partial charge in [0.05, 0.1) is 0 Å². The number of rotatable bonds is 2. The molecule has 0 aromatic heterocycles. The van der Waals surface area contributed by atoms with Gasteiger partial charge in [-0.25, -0.2) is 0 Å². The van der Waals surface area contributed by atoms with Gasteiger partial charge in [-0.15, -0.1) is 0 Å². The maximum Gasteiger partial charge on any atom is 0.0333 e. The Kier molecular flexibility index (Phi) is 4.54. The summed E-state index contributed by atoms with van der Waals surface area (Å²) in [6, 6.07) is 6.71. The molecule has 1 atom stereocenters. The minimum Gasteiger partial charge on any atom is -0.0984 e. The molecule has 3 rings (SSSR count). The topological polar surface area (TPSA) is 0 Å². The van der Waals surface area contributed by atoms with Gasteiger partial charge in [0.1, 0.15) is 0 Å². The van der Waals surface area contributed by atoms with Crippen molar-refractivity contribution in [1.82, 2.24) is 0 Å². The first-order chi connectivity index (χ1) is 10.2. The van der Waals surface area contributed by atoms with Crippen LogP contribution in [0.5, 0.6) is 0 Å². The highest BCUT2D eigenvalue weighted by atomic mass is 127.